The number of carbonyl (C=O) groups excluding carboxylic acids is 1. The van der Waals surface area contributed by atoms with E-state index in [1.807, 2.05) is 41.0 Å². The van der Waals surface area contributed by atoms with E-state index in [-0.39, 0.29) is 11.3 Å². The van der Waals surface area contributed by atoms with Crippen molar-refractivity contribution in [2.45, 2.75) is 30.5 Å². The van der Waals surface area contributed by atoms with Gasteiger partial charge in [-0.3, -0.25) is 9.36 Å². The monoisotopic (exact) mass is 380 g/mol. The van der Waals surface area contributed by atoms with E-state index in [2.05, 4.69) is 43.3 Å². The molecule has 0 unspecified atom stereocenters. The Bertz CT molecular complexity index is 1050. The third kappa shape index (κ3) is 3.06. The van der Waals surface area contributed by atoms with Gasteiger partial charge in [-0.05, 0) is 12.1 Å². The van der Waals surface area contributed by atoms with Crippen molar-refractivity contribution < 1.29 is 4.79 Å². The van der Waals surface area contributed by atoms with Crippen LogP contribution < -0.4 is 0 Å². The summed E-state index contributed by atoms with van der Waals surface area (Å²) in [4.78, 5) is 17.7. The minimum atomic E-state index is 0.0339. The first-order valence-corrected chi connectivity index (χ1v) is 10.4. The van der Waals surface area contributed by atoms with E-state index >= 15 is 0 Å². The number of thioether (sulfide) groups is 1. The van der Waals surface area contributed by atoms with E-state index in [1.165, 1.54) is 11.8 Å². The molecule has 0 amide bonds. The zero-order valence-electron chi connectivity index (χ0n) is 15.0. The maximum absolute atomic E-state index is 13.0. The summed E-state index contributed by atoms with van der Waals surface area (Å²) in [5, 5.41) is 4.32. The largest absolute Gasteiger partial charge is 0.279 e. The molecule has 0 radical (unpaired) electrons. The fourth-order valence-corrected chi connectivity index (χ4v) is 4.95. The lowest BCUT2D eigenvalue weighted by atomic mass is 9.93. The van der Waals surface area contributed by atoms with Crippen molar-refractivity contribution in [1.82, 2.24) is 9.55 Å². The SMILES string of the molecule is CC(C)(C)c1csc(SCC(=O)n2c3ccccc3c3ccccc32)n1. The molecule has 0 bridgehead atoms. The third-order valence-corrected chi connectivity index (χ3v) is 6.41. The highest BCUT2D eigenvalue weighted by Gasteiger charge is 2.19. The summed E-state index contributed by atoms with van der Waals surface area (Å²) >= 11 is 3.13. The van der Waals surface area contributed by atoms with Crippen molar-refractivity contribution in [2.75, 3.05) is 5.75 Å². The normalized spacial score (nSPS) is 12.1. The molecule has 2 heterocycles. The highest BCUT2D eigenvalue weighted by molar-refractivity contribution is 8.01. The zero-order valence-corrected chi connectivity index (χ0v) is 16.7. The predicted octanol–water partition coefficient (Wildman–Crippen LogP) is 5.98. The highest BCUT2D eigenvalue weighted by Crippen LogP contribution is 2.31. The highest BCUT2D eigenvalue weighted by atomic mass is 32.2. The van der Waals surface area contributed by atoms with E-state index in [0.29, 0.717) is 5.75 Å². The molecule has 0 saturated carbocycles. The molecule has 5 heteroatoms. The van der Waals surface area contributed by atoms with E-state index in [9.17, 15) is 4.79 Å². The fourth-order valence-electron chi connectivity index (χ4n) is 3.05. The third-order valence-electron chi connectivity index (χ3n) is 4.40. The quantitative estimate of drug-likeness (QED) is 0.410. The van der Waals surface area contributed by atoms with Crippen LogP contribution in [0.15, 0.2) is 58.3 Å². The first kappa shape index (κ1) is 17.3. The smallest absolute Gasteiger partial charge is 0.242 e. The van der Waals surface area contributed by atoms with Crippen LogP contribution in [0.25, 0.3) is 21.8 Å². The number of rotatable bonds is 3. The van der Waals surface area contributed by atoms with Gasteiger partial charge >= 0.3 is 0 Å². The molecule has 2 aromatic carbocycles. The average molecular weight is 381 g/mol. The van der Waals surface area contributed by atoms with E-state index in [0.717, 1.165) is 31.8 Å². The number of benzene rings is 2. The first-order chi connectivity index (χ1) is 12.4. The zero-order chi connectivity index (χ0) is 18.3. The summed E-state index contributed by atoms with van der Waals surface area (Å²) in [6, 6.07) is 16.2. The van der Waals surface area contributed by atoms with Gasteiger partial charge in [0.05, 0.1) is 22.5 Å². The van der Waals surface area contributed by atoms with Gasteiger partial charge in [-0.15, -0.1) is 11.3 Å². The van der Waals surface area contributed by atoms with Crippen LogP contribution in [0, 0.1) is 0 Å². The van der Waals surface area contributed by atoms with Crippen LogP contribution in [0.1, 0.15) is 31.3 Å². The van der Waals surface area contributed by atoms with Gasteiger partial charge in [-0.25, -0.2) is 4.98 Å². The second-order valence-electron chi connectivity index (χ2n) is 7.30. The molecule has 0 atom stereocenters. The Morgan fingerprint density at radius 1 is 1.04 bits per heavy atom. The number of thiazole rings is 1. The molecule has 0 fully saturated rings. The van der Waals surface area contributed by atoms with Gasteiger partial charge in [-0.1, -0.05) is 68.9 Å². The summed E-state index contributed by atoms with van der Waals surface area (Å²) in [5.74, 6) is 0.458. The van der Waals surface area contributed by atoms with Crippen molar-refractivity contribution in [2.24, 2.45) is 0 Å². The molecule has 132 valence electrons. The lowest BCUT2D eigenvalue weighted by Crippen LogP contribution is -2.13. The Hall–Kier alpha value is -2.11. The molecule has 26 heavy (non-hydrogen) atoms. The molecule has 0 aliphatic carbocycles. The van der Waals surface area contributed by atoms with Crippen LogP contribution in [-0.2, 0) is 5.41 Å². The second kappa shape index (κ2) is 6.56. The standard InChI is InChI=1S/C21H20N2OS2/c1-21(2,3)18-12-25-20(22-18)26-13-19(24)23-16-10-6-4-8-14(16)15-9-5-7-11-17(15)23/h4-12H,13H2,1-3H3. The molecular formula is C21H20N2OS2. The summed E-state index contributed by atoms with van der Waals surface area (Å²) in [7, 11) is 0. The number of para-hydroxylation sites is 2. The number of hydrogen-bond acceptors (Lipinski definition) is 4. The maximum atomic E-state index is 13.0. The molecule has 0 N–H and O–H groups in total. The van der Waals surface area contributed by atoms with Crippen molar-refractivity contribution in [3.63, 3.8) is 0 Å². The molecular weight excluding hydrogens is 360 g/mol. The molecule has 0 spiro atoms. The van der Waals surface area contributed by atoms with Crippen LogP contribution in [0.4, 0.5) is 0 Å². The number of fused-ring (bicyclic) bond motifs is 3. The fraction of sp³-hybridized carbons (Fsp3) is 0.238. The minimum absolute atomic E-state index is 0.0339. The molecule has 4 rings (SSSR count). The van der Waals surface area contributed by atoms with Gasteiger partial charge in [0.1, 0.15) is 0 Å². The Labute approximate surface area is 161 Å². The number of carbonyl (C=O) groups is 1. The summed E-state index contributed by atoms with van der Waals surface area (Å²) in [6.45, 7) is 6.46. The topological polar surface area (TPSA) is 34.9 Å². The van der Waals surface area contributed by atoms with Gasteiger partial charge in [-0.2, -0.15) is 0 Å². The van der Waals surface area contributed by atoms with Crippen molar-refractivity contribution in [1.29, 1.82) is 0 Å². The van der Waals surface area contributed by atoms with Gasteiger partial charge in [0.15, 0.2) is 4.34 Å². The second-order valence-corrected chi connectivity index (χ2v) is 9.38. The van der Waals surface area contributed by atoms with E-state index in [4.69, 9.17) is 0 Å². The molecule has 0 aliphatic heterocycles. The van der Waals surface area contributed by atoms with E-state index < -0.39 is 0 Å². The predicted molar refractivity (Wildman–Crippen MR) is 112 cm³/mol. The van der Waals surface area contributed by atoms with Crippen LogP contribution in [0.5, 0.6) is 0 Å². The Morgan fingerprint density at radius 2 is 1.62 bits per heavy atom. The van der Waals surface area contributed by atoms with Crippen molar-refractivity contribution in [3.05, 3.63) is 59.6 Å². The van der Waals surface area contributed by atoms with E-state index in [1.54, 1.807) is 11.3 Å². The molecule has 3 nitrogen and oxygen atoms in total. The summed E-state index contributed by atoms with van der Waals surface area (Å²) in [5.41, 5.74) is 3.04. The van der Waals surface area contributed by atoms with Crippen LogP contribution in [0.3, 0.4) is 0 Å². The lowest BCUT2D eigenvalue weighted by Gasteiger charge is -2.14. The molecule has 0 saturated heterocycles. The minimum Gasteiger partial charge on any atom is -0.279 e. The van der Waals surface area contributed by atoms with Crippen molar-refractivity contribution >= 4 is 50.8 Å². The summed E-state index contributed by atoms with van der Waals surface area (Å²) < 4.78 is 2.79. The Kier molecular flexibility index (Phi) is 4.37. The van der Waals surface area contributed by atoms with Gasteiger partial charge in [0.2, 0.25) is 5.91 Å². The Morgan fingerprint density at radius 3 is 2.15 bits per heavy atom. The molecule has 4 aromatic rings. The van der Waals surface area contributed by atoms with Crippen molar-refractivity contribution in [3.8, 4) is 0 Å². The molecule has 0 aliphatic rings. The van der Waals surface area contributed by atoms with Crippen LogP contribution >= 0.6 is 23.1 Å². The van der Waals surface area contributed by atoms with Gasteiger partial charge in [0, 0.05) is 21.6 Å². The Balaban J connectivity index is 1.65. The van der Waals surface area contributed by atoms with Gasteiger partial charge in [0.25, 0.3) is 0 Å². The van der Waals surface area contributed by atoms with Gasteiger partial charge < -0.3 is 0 Å². The van der Waals surface area contributed by atoms with Crippen LogP contribution in [-0.4, -0.2) is 21.2 Å². The maximum Gasteiger partial charge on any atom is 0.242 e. The number of aromatic nitrogens is 2. The lowest BCUT2D eigenvalue weighted by molar-refractivity contribution is 0.0951. The molecule has 2 aromatic heterocycles. The summed E-state index contributed by atoms with van der Waals surface area (Å²) in [6.07, 6.45) is 0. The average Bonchev–Trinajstić information content (AvgIpc) is 3.22. The van der Waals surface area contributed by atoms with Crippen LogP contribution in [0.2, 0.25) is 0 Å². The number of nitrogens with zero attached hydrogens (tertiary/aromatic N) is 2. The number of hydrogen-bond donors (Lipinski definition) is 0. The first-order valence-electron chi connectivity index (χ1n) is 8.55.